The molecule has 1 aromatic heterocycles. The molecule has 0 N–H and O–H groups in total. The summed E-state index contributed by atoms with van der Waals surface area (Å²) in [4.78, 5) is 24.3. The molecular weight excluding hydrogens is 375 g/mol. The molecule has 6 heteroatoms. The van der Waals surface area contributed by atoms with Gasteiger partial charge in [0.1, 0.15) is 12.2 Å². The van der Waals surface area contributed by atoms with Crippen LogP contribution >= 0.6 is 23.2 Å². The van der Waals surface area contributed by atoms with Crippen molar-refractivity contribution in [2.24, 2.45) is 0 Å². The Labute approximate surface area is 159 Å². The van der Waals surface area contributed by atoms with Crippen molar-refractivity contribution in [2.45, 2.75) is 25.9 Å². The van der Waals surface area contributed by atoms with E-state index >= 15 is 0 Å². The van der Waals surface area contributed by atoms with Gasteiger partial charge in [0.2, 0.25) is 0 Å². The number of aryl methyl sites for hydroxylation is 2. The van der Waals surface area contributed by atoms with E-state index in [9.17, 15) is 9.59 Å². The van der Waals surface area contributed by atoms with Gasteiger partial charge in [-0.25, -0.2) is 9.59 Å². The van der Waals surface area contributed by atoms with Crippen LogP contribution in [0.25, 0.3) is 11.0 Å². The van der Waals surface area contributed by atoms with E-state index in [2.05, 4.69) is 0 Å². The Morgan fingerprint density at radius 1 is 1.08 bits per heavy atom. The van der Waals surface area contributed by atoms with Gasteiger partial charge in [0.05, 0.1) is 15.6 Å². The second-order valence-corrected chi connectivity index (χ2v) is 7.05. The number of benzene rings is 2. The molecule has 3 aromatic rings. The highest BCUT2D eigenvalue weighted by Gasteiger charge is 2.18. The van der Waals surface area contributed by atoms with Crippen LogP contribution in [0.15, 0.2) is 45.6 Å². The van der Waals surface area contributed by atoms with Gasteiger partial charge in [-0.15, -0.1) is 0 Å². The van der Waals surface area contributed by atoms with E-state index in [0.29, 0.717) is 11.1 Å². The lowest BCUT2D eigenvalue weighted by Gasteiger charge is -2.10. The minimum Gasteiger partial charge on any atom is -0.457 e. The highest BCUT2D eigenvalue weighted by molar-refractivity contribution is 6.39. The van der Waals surface area contributed by atoms with Gasteiger partial charge in [-0.05, 0) is 54.7 Å². The first kappa shape index (κ1) is 17.1. The standard InChI is InChI=1S/C20H14Cl2O4/c21-15-5-2-6-16(22)19(15)20(24)25-10-13-9-18(23)26-17-8-12-4-1-3-11(12)7-14(13)17/h2,5-9H,1,3-4,10H2. The van der Waals surface area contributed by atoms with Crippen LogP contribution < -0.4 is 5.63 Å². The van der Waals surface area contributed by atoms with E-state index in [0.717, 1.165) is 24.6 Å². The quantitative estimate of drug-likeness (QED) is 0.470. The Kier molecular flexibility index (Phi) is 4.47. The maximum absolute atomic E-state index is 12.4. The molecule has 0 radical (unpaired) electrons. The monoisotopic (exact) mass is 388 g/mol. The third-order valence-corrected chi connectivity index (χ3v) is 5.20. The molecule has 4 nitrogen and oxygen atoms in total. The zero-order valence-electron chi connectivity index (χ0n) is 13.7. The molecule has 0 spiro atoms. The summed E-state index contributed by atoms with van der Waals surface area (Å²) in [6.45, 7) is -0.0682. The maximum atomic E-state index is 12.4. The fraction of sp³-hybridized carbons (Fsp3) is 0.200. The van der Waals surface area contributed by atoms with Crippen LogP contribution in [-0.2, 0) is 24.2 Å². The smallest absolute Gasteiger partial charge is 0.341 e. The van der Waals surface area contributed by atoms with Crippen molar-refractivity contribution in [1.82, 2.24) is 0 Å². The van der Waals surface area contributed by atoms with Crippen molar-refractivity contribution in [3.05, 3.63) is 79.1 Å². The van der Waals surface area contributed by atoms with Crippen molar-refractivity contribution in [2.75, 3.05) is 0 Å². The van der Waals surface area contributed by atoms with Gasteiger partial charge in [0.25, 0.3) is 0 Å². The largest absolute Gasteiger partial charge is 0.457 e. The van der Waals surface area contributed by atoms with Crippen molar-refractivity contribution in [1.29, 1.82) is 0 Å². The molecular formula is C20H14Cl2O4. The summed E-state index contributed by atoms with van der Waals surface area (Å²) < 4.78 is 10.7. The molecule has 0 saturated carbocycles. The lowest BCUT2D eigenvalue weighted by atomic mass is 10.0. The number of esters is 1. The normalized spacial score (nSPS) is 13.0. The van der Waals surface area contributed by atoms with E-state index in [1.807, 2.05) is 12.1 Å². The first-order chi connectivity index (χ1) is 12.5. The van der Waals surface area contributed by atoms with Gasteiger partial charge >= 0.3 is 11.6 Å². The molecule has 2 aromatic carbocycles. The predicted octanol–water partition coefficient (Wildman–Crippen LogP) is 4.95. The summed E-state index contributed by atoms with van der Waals surface area (Å²) in [5, 5.41) is 1.22. The molecule has 1 heterocycles. The van der Waals surface area contributed by atoms with Crippen molar-refractivity contribution in [3.8, 4) is 0 Å². The molecule has 1 aliphatic carbocycles. The topological polar surface area (TPSA) is 56.5 Å². The Bertz CT molecular complexity index is 1060. The molecule has 0 fully saturated rings. The average molecular weight is 389 g/mol. The number of carbonyl (C=O) groups is 1. The molecule has 0 unspecified atom stereocenters. The fourth-order valence-corrected chi connectivity index (χ4v) is 3.87. The van der Waals surface area contributed by atoms with Crippen LogP contribution in [0.3, 0.4) is 0 Å². The van der Waals surface area contributed by atoms with Crippen LogP contribution in [0.5, 0.6) is 0 Å². The fourth-order valence-electron chi connectivity index (χ4n) is 3.32. The highest BCUT2D eigenvalue weighted by Crippen LogP contribution is 2.29. The SMILES string of the molecule is O=C(OCc1cc(=O)oc2cc3c(cc12)CCC3)c1c(Cl)cccc1Cl. The summed E-state index contributed by atoms with van der Waals surface area (Å²) >= 11 is 12.1. The van der Waals surface area contributed by atoms with Gasteiger partial charge < -0.3 is 9.15 Å². The van der Waals surface area contributed by atoms with Crippen molar-refractivity contribution in [3.63, 3.8) is 0 Å². The second-order valence-electron chi connectivity index (χ2n) is 6.23. The molecule has 0 saturated heterocycles. The van der Waals surface area contributed by atoms with Crippen LogP contribution in [0.2, 0.25) is 10.0 Å². The Balaban J connectivity index is 1.67. The maximum Gasteiger partial charge on any atom is 0.341 e. The number of carbonyl (C=O) groups excluding carboxylic acids is 1. The molecule has 132 valence electrons. The van der Waals surface area contributed by atoms with Crippen LogP contribution in [0.1, 0.15) is 33.5 Å². The second kappa shape index (κ2) is 6.78. The number of rotatable bonds is 3. The summed E-state index contributed by atoms with van der Waals surface area (Å²) in [5.41, 5.74) is 3.20. The lowest BCUT2D eigenvalue weighted by Crippen LogP contribution is -2.09. The van der Waals surface area contributed by atoms with Gasteiger partial charge in [-0.1, -0.05) is 29.3 Å². The van der Waals surface area contributed by atoms with Gasteiger partial charge in [-0.2, -0.15) is 0 Å². The number of fused-ring (bicyclic) bond motifs is 2. The number of halogens is 2. The van der Waals surface area contributed by atoms with E-state index in [-0.39, 0.29) is 22.2 Å². The van der Waals surface area contributed by atoms with E-state index in [4.69, 9.17) is 32.4 Å². The highest BCUT2D eigenvalue weighted by atomic mass is 35.5. The zero-order valence-corrected chi connectivity index (χ0v) is 15.2. The van der Waals surface area contributed by atoms with Crippen LogP contribution in [0, 0.1) is 0 Å². The number of hydrogen-bond acceptors (Lipinski definition) is 4. The summed E-state index contributed by atoms with van der Waals surface area (Å²) in [6.07, 6.45) is 3.07. The third kappa shape index (κ3) is 3.11. The predicted molar refractivity (Wildman–Crippen MR) is 100 cm³/mol. The van der Waals surface area contributed by atoms with Gasteiger partial charge in [0.15, 0.2) is 0 Å². The molecule has 0 bridgehead atoms. The average Bonchev–Trinajstić information content (AvgIpc) is 3.05. The van der Waals surface area contributed by atoms with Crippen molar-refractivity contribution < 1.29 is 13.9 Å². The summed E-state index contributed by atoms with van der Waals surface area (Å²) in [5.74, 6) is -0.636. The molecule has 0 atom stereocenters. The number of ether oxygens (including phenoxy) is 1. The lowest BCUT2D eigenvalue weighted by molar-refractivity contribution is 0.0474. The van der Waals surface area contributed by atoms with Crippen molar-refractivity contribution >= 4 is 40.1 Å². The first-order valence-electron chi connectivity index (χ1n) is 8.22. The molecule has 0 aliphatic heterocycles. The molecule has 0 amide bonds. The minimum absolute atomic E-state index is 0.0682. The summed E-state index contributed by atoms with van der Waals surface area (Å²) in [7, 11) is 0. The Hall–Kier alpha value is -2.30. The zero-order chi connectivity index (χ0) is 18.3. The molecule has 1 aliphatic rings. The van der Waals surface area contributed by atoms with Crippen LogP contribution in [0.4, 0.5) is 0 Å². The van der Waals surface area contributed by atoms with E-state index in [1.165, 1.54) is 17.2 Å². The Morgan fingerprint density at radius 2 is 1.77 bits per heavy atom. The van der Waals surface area contributed by atoms with Gasteiger partial charge in [-0.3, -0.25) is 0 Å². The Morgan fingerprint density at radius 3 is 2.50 bits per heavy atom. The molecule has 26 heavy (non-hydrogen) atoms. The van der Waals surface area contributed by atoms with Crippen LogP contribution in [-0.4, -0.2) is 5.97 Å². The first-order valence-corrected chi connectivity index (χ1v) is 8.98. The minimum atomic E-state index is -0.636. The third-order valence-electron chi connectivity index (χ3n) is 4.57. The van der Waals surface area contributed by atoms with Gasteiger partial charge in [0, 0.05) is 17.0 Å². The van der Waals surface area contributed by atoms with E-state index in [1.54, 1.807) is 18.2 Å². The van der Waals surface area contributed by atoms with E-state index < -0.39 is 11.6 Å². The number of hydrogen-bond donors (Lipinski definition) is 0. The summed E-state index contributed by atoms with van der Waals surface area (Å²) in [6, 6.07) is 10.1. The molecule has 4 rings (SSSR count).